The lowest BCUT2D eigenvalue weighted by Crippen LogP contribution is -2.49. The van der Waals surface area contributed by atoms with Crippen LogP contribution in [0.1, 0.15) is 26.2 Å². The molecular weight excluding hydrogens is 228 g/mol. The fourth-order valence-electron chi connectivity index (χ4n) is 2.59. The van der Waals surface area contributed by atoms with Crippen LogP contribution in [0.25, 0.3) is 0 Å². The summed E-state index contributed by atoms with van der Waals surface area (Å²) in [6.07, 6.45) is 2.32. The molecular formula is C10H18N2O3S. The Balaban J connectivity index is 2.14. The normalized spacial score (nSPS) is 34.3. The standard InChI is InChI=1S/C10H18N2O3S/c1-2-9-11-6-10(13)12(9)8-4-3-5-16(14,15)7-8/h8-9,11H,2-7H2,1H3. The second-order valence-electron chi connectivity index (χ2n) is 4.52. The first kappa shape index (κ1) is 11.9. The molecule has 0 saturated carbocycles. The molecule has 0 aromatic rings. The lowest BCUT2D eigenvalue weighted by atomic mass is 10.1. The number of carbonyl (C=O) groups excluding carboxylic acids is 1. The topological polar surface area (TPSA) is 66.5 Å². The van der Waals surface area contributed by atoms with E-state index in [0.717, 1.165) is 12.8 Å². The van der Waals surface area contributed by atoms with Gasteiger partial charge >= 0.3 is 0 Å². The molecule has 0 aromatic heterocycles. The molecule has 2 unspecified atom stereocenters. The van der Waals surface area contributed by atoms with Crippen LogP contribution in [0.4, 0.5) is 0 Å². The third kappa shape index (κ3) is 2.22. The van der Waals surface area contributed by atoms with Crippen LogP contribution in [-0.4, -0.2) is 49.5 Å². The van der Waals surface area contributed by atoms with Crippen molar-refractivity contribution in [2.75, 3.05) is 18.1 Å². The van der Waals surface area contributed by atoms with Crippen LogP contribution in [0.2, 0.25) is 0 Å². The smallest absolute Gasteiger partial charge is 0.238 e. The maximum Gasteiger partial charge on any atom is 0.238 e. The van der Waals surface area contributed by atoms with Gasteiger partial charge in [-0.2, -0.15) is 0 Å². The number of nitrogens with one attached hydrogen (secondary N) is 1. The largest absolute Gasteiger partial charge is 0.322 e. The molecule has 5 nitrogen and oxygen atoms in total. The lowest BCUT2D eigenvalue weighted by Gasteiger charge is -2.34. The molecule has 0 radical (unpaired) electrons. The van der Waals surface area contributed by atoms with Gasteiger partial charge in [-0.25, -0.2) is 8.42 Å². The van der Waals surface area contributed by atoms with Crippen molar-refractivity contribution in [1.82, 2.24) is 10.2 Å². The molecule has 1 N–H and O–H groups in total. The Hall–Kier alpha value is -0.620. The fraction of sp³-hybridized carbons (Fsp3) is 0.900. The Morgan fingerprint density at radius 3 is 2.88 bits per heavy atom. The summed E-state index contributed by atoms with van der Waals surface area (Å²) >= 11 is 0. The van der Waals surface area contributed by atoms with E-state index in [0.29, 0.717) is 13.0 Å². The molecule has 2 fully saturated rings. The van der Waals surface area contributed by atoms with Crippen molar-refractivity contribution < 1.29 is 13.2 Å². The monoisotopic (exact) mass is 246 g/mol. The summed E-state index contributed by atoms with van der Waals surface area (Å²) in [4.78, 5) is 13.5. The van der Waals surface area contributed by atoms with Gasteiger partial charge in [0.2, 0.25) is 5.91 Å². The number of rotatable bonds is 2. The minimum Gasteiger partial charge on any atom is -0.322 e. The average molecular weight is 246 g/mol. The Bertz CT molecular complexity index is 380. The molecule has 2 saturated heterocycles. The van der Waals surface area contributed by atoms with Crippen LogP contribution in [0.15, 0.2) is 0 Å². The number of sulfone groups is 1. The van der Waals surface area contributed by atoms with Gasteiger partial charge in [-0.3, -0.25) is 10.1 Å². The molecule has 6 heteroatoms. The van der Waals surface area contributed by atoms with Gasteiger partial charge in [0.25, 0.3) is 0 Å². The van der Waals surface area contributed by atoms with Gasteiger partial charge in [0.15, 0.2) is 9.84 Å². The predicted octanol–water partition coefficient (Wildman–Crippen LogP) is -0.268. The van der Waals surface area contributed by atoms with Crippen LogP contribution < -0.4 is 5.32 Å². The summed E-state index contributed by atoms with van der Waals surface area (Å²) < 4.78 is 23.1. The highest BCUT2D eigenvalue weighted by Crippen LogP contribution is 2.22. The van der Waals surface area contributed by atoms with Gasteiger partial charge in [-0.05, 0) is 19.3 Å². The van der Waals surface area contributed by atoms with Gasteiger partial charge in [-0.1, -0.05) is 6.92 Å². The molecule has 2 aliphatic rings. The highest BCUT2D eigenvalue weighted by atomic mass is 32.2. The van der Waals surface area contributed by atoms with Crippen molar-refractivity contribution in [2.45, 2.75) is 38.4 Å². The quantitative estimate of drug-likeness (QED) is 0.728. The SMILES string of the molecule is CCC1NCC(=O)N1C1CCCS(=O)(=O)C1. The van der Waals surface area contributed by atoms with Crippen molar-refractivity contribution in [1.29, 1.82) is 0 Å². The first-order chi connectivity index (χ1) is 7.53. The summed E-state index contributed by atoms with van der Waals surface area (Å²) in [5.41, 5.74) is 0. The lowest BCUT2D eigenvalue weighted by molar-refractivity contribution is -0.130. The van der Waals surface area contributed by atoms with E-state index in [4.69, 9.17) is 0 Å². The molecule has 0 aliphatic carbocycles. The third-order valence-corrected chi connectivity index (χ3v) is 5.14. The van der Waals surface area contributed by atoms with Gasteiger partial charge in [0.05, 0.1) is 24.2 Å². The summed E-state index contributed by atoms with van der Waals surface area (Å²) in [5, 5.41) is 3.11. The van der Waals surface area contributed by atoms with E-state index in [1.54, 1.807) is 4.90 Å². The van der Waals surface area contributed by atoms with Crippen LogP contribution in [0, 0.1) is 0 Å². The highest BCUT2D eigenvalue weighted by molar-refractivity contribution is 7.91. The molecule has 2 rings (SSSR count). The molecule has 2 heterocycles. The van der Waals surface area contributed by atoms with Gasteiger partial charge in [0.1, 0.15) is 0 Å². The Kier molecular flexibility index (Phi) is 3.21. The summed E-state index contributed by atoms with van der Waals surface area (Å²) in [6, 6.07) is -0.119. The average Bonchev–Trinajstić information content (AvgIpc) is 2.58. The maximum atomic E-state index is 11.7. The first-order valence-electron chi connectivity index (χ1n) is 5.78. The third-order valence-electron chi connectivity index (χ3n) is 3.33. The summed E-state index contributed by atoms with van der Waals surface area (Å²) in [6.45, 7) is 2.34. The fourth-order valence-corrected chi connectivity index (χ4v) is 4.27. The van der Waals surface area contributed by atoms with Crippen molar-refractivity contribution in [2.24, 2.45) is 0 Å². The molecule has 2 aliphatic heterocycles. The molecule has 1 amide bonds. The zero-order valence-electron chi connectivity index (χ0n) is 9.48. The van der Waals surface area contributed by atoms with Crippen LogP contribution in [0.3, 0.4) is 0 Å². The minimum atomic E-state index is -2.95. The van der Waals surface area contributed by atoms with Crippen molar-refractivity contribution in [3.05, 3.63) is 0 Å². The van der Waals surface area contributed by atoms with E-state index in [1.165, 1.54) is 0 Å². The minimum absolute atomic E-state index is 0.0193. The van der Waals surface area contributed by atoms with E-state index in [-0.39, 0.29) is 29.6 Å². The highest BCUT2D eigenvalue weighted by Gasteiger charge is 2.38. The number of nitrogens with zero attached hydrogens (tertiary/aromatic N) is 1. The summed E-state index contributed by atoms with van der Waals surface area (Å²) in [7, 11) is -2.95. The Labute approximate surface area is 96.1 Å². The van der Waals surface area contributed by atoms with E-state index < -0.39 is 9.84 Å². The number of carbonyl (C=O) groups is 1. The Morgan fingerprint density at radius 2 is 2.25 bits per heavy atom. The van der Waals surface area contributed by atoms with Crippen molar-refractivity contribution in [3.63, 3.8) is 0 Å². The summed E-state index contributed by atoms with van der Waals surface area (Å²) in [5.74, 6) is 0.445. The molecule has 0 bridgehead atoms. The molecule has 2 atom stereocenters. The van der Waals surface area contributed by atoms with E-state index in [9.17, 15) is 13.2 Å². The first-order valence-corrected chi connectivity index (χ1v) is 7.60. The molecule has 16 heavy (non-hydrogen) atoms. The number of hydrogen-bond acceptors (Lipinski definition) is 4. The van der Waals surface area contributed by atoms with Gasteiger partial charge in [0, 0.05) is 6.04 Å². The van der Waals surface area contributed by atoms with E-state index >= 15 is 0 Å². The number of amides is 1. The predicted molar refractivity (Wildman–Crippen MR) is 60.6 cm³/mol. The molecule has 0 aromatic carbocycles. The van der Waals surface area contributed by atoms with E-state index in [1.807, 2.05) is 6.92 Å². The van der Waals surface area contributed by atoms with Crippen LogP contribution >= 0.6 is 0 Å². The second-order valence-corrected chi connectivity index (χ2v) is 6.75. The maximum absolute atomic E-state index is 11.7. The van der Waals surface area contributed by atoms with Gasteiger partial charge < -0.3 is 4.90 Å². The Morgan fingerprint density at radius 1 is 1.50 bits per heavy atom. The van der Waals surface area contributed by atoms with Crippen LogP contribution in [-0.2, 0) is 14.6 Å². The number of hydrogen-bond donors (Lipinski definition) is 1. The zero-order chi connectivity index (χ0) is 11.8. The van der Waals surface area contributed by atoms with Gasteiger partial charge in [-0.15, -0.1) is 0 Å². The molecule has 92 valence electrons. The van der Waals surface area contributed by atoms with Crippen LogP contribution in [0.5, 0.6) is 0 Å². The zero-order valence-corrected chi connectivity index (χ0v) is 10.3. The van der Waals surface area contributed by atoms with E-state index in [2.05, 4.69) is 5.32 Å². The van der Waals surface area contributed by atoms with Crippen molar-refractivity contribution >= 4 is 15.7 Å². The molecule has 0 spiro atoms. The van der Waals surface area contributed by atoms with Crippen molar-refractivity contribution in [3.8, 4) is 0 Å². The second kappa shape index (κ2) is 4.33.